The minimum atomic E-state index is 0. The molecule has 1 heteroatoms. The van der Waals surface area contributed by atoms with Crippen molar-refractivity contribution in [2.75, 3.05) is 7.05 Å². The molecule has 5 heavy (non-hydrogen) atoms. The predicted octanol–water partition coefficient (Wildman–Crippen LogP) is 1.05. The molecule has 0 radical (unpaired) electrons. The van der Waals surface area contributed by atoms with Crippen LogP contribution in [0.1, 0.15) is 13.8 Å². The van der Waals surface area contributed by atoms with E-state index in [1.54, 1.807) is 0 Å². The van der Waals surface area contributed by atoms with Gasteiger partial charge in [0.1, 0.15) is 0 Å². The van der Waals surface area contributed by atoms with Crippen molar-refractivity contribution in [1.29, 1.82) is 0 Å². The Morgan fingerprint density at radius 3 is 1.00 bits per heavy atom. The first-order chi connectivity index (χ1) is 2.00. The third-order valence-electron chi connectivity index (χ3n) is 0. The molecule has 0 unspecified atom stereocenters. The van der Waals surface area contributed by atoms with Gasteiger partial charge < -0.3 is 13.2 Å². The molecule has 0 aliphatic carbocycles. The van der Waals surface area contributed by atoms with Gasteiger partial charge in [-0.2, -0.15) is 0 Å². The van der Waals surface area contributed by atoms with Gasteiger partial charge >= 0.3 is 0 Å². The van der Waals surface area contributed by atoms with Crippen LogP contribution in [-0.2, 0) is 0 Å². The Hall–Kier alpha value is -0.0400. The molecule has 36 valence electrons. The second-order valence-corrected chi connectivity index (χ2v) is 0. The molecular weight excluding hydrogens is 62.1 g/mol. The van der Waals surface area contributed by atoms with E-state index in [1.807, 2.05) is 13.8 Å². The van der Waals surface area contributed by atoms with Crippen molar-refractivity contribution in [2.24, 2.45) is 5.73 Å². The van der Waals surface area contributed by atoms with Crippen LogP contribution in [0.25, 0.3) is 0 Å². The number of hydrogen-bond acceptors (Lipinski definition) is 1. The van der Waals surface area contributed by atoms with Crippen LogP contribution in [0, 0.1) is 7.43 Å². The molecule has 0 aromatic carbocycles. The minimum absolute atomic E-state index is 0. The van der Waals surface area contributed by atoms with Gasteiger partial charge in [0.05, 0.1) is 0 Å². The summed E-state index contributed by atoms with van der Waals surface area (Å²) >= 11 is 0. The maximum atomic E-state index is 4.50. The summed E-state index contributed by atoms with van der Waals surface area (Å²) in [6.07, 6.45) is 0. The lowest BCUT2D eigenvalue weighted by Gasteiger charge is -1.19. The quantitative estimate of drug-likeness (QED) is 0.429. The van der Waals surface area contributed by atoms with Gasteiger partial charge in [-0.1, -0.05) is 13.8 Å². The predicted molar refractivity (Wildman–Crippen MR) is 27.9 cm³/mol. The van der Waals surface area contributed by atoms with Crippen molar-refractivity contribution < 1.29 is 0 Å². The minimum Gasteiger partial charge on any atom is -0.358 e. The molecule has 0 heterocycles. The summed E-state index contributed by atoms with van der Waals surface area (Å²) in [4.78, 5) is 0. The molecule has 0 rings (SSSR count). The summed E-state index contributed by atoms with van der Waals surface area (Å²) in [5.74, 6) is 0. The molecule has 0 fully saturated rings. The Morgan fingerprint density at radius 1 is 1.00 bits per heavy atom. The summed E-state index contributed by atoms with van der Waals surface area (Å²) < 4.78 is 0. The zero-order valence-electron chi connectivity index (χ0n) is 4.58. The molecule has 0 bridgehead atoms. The molecule has 0 spiro atoms. The Morgan fingerprint density at radius 2 is 1.00 bits per heavy atom. The van der Waals surface area contributed by atoms with Gasteiger partial charge in [0.15, 0.2) is 0 Å². The summed E-state index contributed by atoms with van der Waals surface area (Å²) in [5, 5.41) is 0. The first-order valence-corrected chi connectivity index (χ1v) is 1.58. The van der Waals surface area contributed by atoms with Crippen LogP contribution in [0.3, 0.4) is 0 Å². The fraction of sp³-hybridized carbons (Fsp3) is 0.750. The molecule has 0 aromatic heterocycles. The highest BCUT2D eigenvalue weighted by Crippen LogP contribution is 1.14. The highest BCUT2D eigenvalue weighted by atomic mass is 14.4. The second-order valence-electron chi connectivity index (χ2n) is 0. The maximum Gasteiger partial charge on any atom is -0.0195 e. The van der Waals surface area contributed by atoms with Crippen LogP contribution >= 0.6 is 0 Å². The number of rotatable bonds is 0. The third-order valence-corrected chi connectivity index (χ3v) is 0. The van der Waals surface area contributed by atoms with Crippen molar-refractivity contribution in [3.8, 4) is 0 Å². The third kappa shape index (κ3) is 9510. The van der Waals surface area contributed by atoms with Gasteiger partial charge in [-0.3, -0.25) is 0 Å². The van der Waals surface area contributed by atoms with Crippen LogP contribution in [0.5, 0.6) is 0 Å². The highest BCUT2D eigenvalue weighted by Gasteiger charge is 0.932. The van der Waals surface area contributed by atoms with E-state index < -0.39 is 0 Å². The first-order valence-electron chi connectivity index (χ1n) is 1.58. The standard InChI is InChI=1S/C2H6.CH5N.CH3/c2*1-2;/h1-2H3;2H2,1H3;1H3/q;;-1. The van der Waals surface area contributed by atoms with Crippen LogP contribution in [0.4, 0.5) is 0 Å². The van der Waals surface area contributed by atoms with Crippen LogP contribution in [0.15, 0.2) is 0 Å². The Balaban J connectivity index is -0.0000000133. The monoisotopic (exact) mass is 76.1 g/mol. The van der Waals surface area contributed by atoms with Crippen LogP contribution in [-0.4, -0.2) is 7.05 Å². The van der Waals surface area contributed by atoms with Gasteiger partial charge in [-0.05, 0) is 7.05 Å². The fourth-order valence-electron chi connectivity index (χ4n) is 0. The molecule has 0 aromatic rings. The summed E-state index contributed by atoms with van der Waals surface area (Å²) in [7, 11) is 1.50. The lowest BCUT2D eigenvalue weighted by molar-refractivity contribution is 1.48. The molecule has 0 saturated carbocycles. The van der Waals surface area contributed by atoms with Crippen molar-refractivity contribution in [1.82, 2.24) is 0 Å². The number of hydrogen-bond donors (Lipinski definition) is 1. The van der Waals surface area contributed by atoms with E-state index in [0.29, 0.717) is 0 Å². The largest absolute Gasteiger partial charge is 0.358 e. The van der Waals surface area contributed by atoms with Gasteiger partial charge in [0.25, 0.3) is 0 Å². The van der Waals surface area contributed by atoms with Gasteiger partial charge in [-0.15, -0.1) is 0 Å². The SMILES string of the molecule is CC.CN.[CH3-]. The lowest BCUT2D eigenvalue weighted by Crippen LogP contribution is -1.69. The zero-order chi connectivity index (χ0) is 4.00. The molecule has 0 atom stereocenters. The molecule has 0 aliphatic rings. The van der Waals surface area contributed by atoms with Gasteiger partial charge in [-0.25, -0.2) is 0 Å². The van der Waals surface area contributed by atoms with Crippen molar-refractivity contribution in [3.05, 3.63) is 7.43 Å². The molecule has 0 amide bonds. The topological polar surface area (TPSA) is 26.0 Å². The molecule has 0 saturated heterocycles. The van der Waals surface area contributed by atoms with Crippen LogP contribution < -0.4 is 5.73 Å². The van der Waals surface area contributed by atoms with Gasteiger partial charge in [0, 0.05) is 0 Å². The van der Waals surface area contributed by atoms with E-state index in [0.717, 1.165) is 0 Å². The Kier molecular flexibility index (Phi) is 87800. The Bertz CT molecular complexity index is 3.61. The molecular formula is C4H14N-. The van der Waals surface area contributed by atoms with Gasteiger partial charge in [0.2, 0.25) is 0 Å². The van der Waals surface area contributed by atoms with Crippen molar-refractivity contribution >= 4 is 0 Å². The summed E-state index contributed by atoms with van der Waals surface area (Å²) in [6.45, 7) is 4.00. The average Bonchev–Trinajstić information content (AvgIpc) is 1.50. The molecule has 2 N–H and O–H groups in total. The summed E-state index contributed by atoms with van der Waals surface area (Å²) in [6, 6.07) is 0. The second kappa shape index (κ2) is 21700. The normalized spacial score (nSPS) is 2.40. The highest BCUT2D eigenvalue weighted by molar-refractivity contribution is 3.54. The van der Waals surface area contributed by atoms with E-state index >= 15 is 0 Å². The molecule has 1 nitrogen and oxygen atoms in total. The van der Waals surface area contributed by atoms with E-state index in [4.69, 9.17) is 0 Å². The molecule has 0 aliphatic heterocycles. The average molecular weight is 76.2 g/mol. The number of nitrogens with two attached hydrogens (primary N) is 1. The zero-order valence-corrected chi connectivity index (χ0v) is 4.58. The Labute approximate surface area is 35.2 Å². The van der Waals surface area contributed by atoms with Crippen LogP contribution in [0.2, 0.25) is 0 Å². The van der Waals surface area contributed by atoms with Crippen molar-refractivity contribution in [3.63, 3.8) is 0 Å². The summed E-state index contributed by atoms with van der Waals surface area (Å²) in [5.41, 5.74) is 4.50. The van der Waals surface area contributed by atoms with Crippen molar-refractivity contribution in [2.45, 2.75) is 13.8 Å². The van der Waals surface area contributed by atoms with E-state index in [-0.39, 0.29) is 7.43 Å². The smallest absolute Gasteiger partial charge is 0.0195 e. The van der Waals surface area contributed by atoms with E-state index in [1.165, 1.54) is 7.05 Å². The fourth-order valence-corrected chi connectivity index (χ4v) is 0. The van der Waals surface area contributed by atoms with E-state index in [9.17, 15) is 0 Å². The lowest BCUT2D eigenvalue weighted by atomic mass is 11.0. The maximum absolute atomic E-state index is 4.50. The first kappa shape index (κ1) is 20.2. The van der Waals surface area contributed by atoms with E-state index in [2.05, 4.69) is 5.73 Å².